The smallest absolute Gasteiger partial charge is 0.357 e. The minimum Gasteiger partial charge on any atom is -0.461 e. The first-order chi connectivity index (χ1) is 7.31. The fourth-order valence-corrected chi connectivity index (χ4v) is 2.54. The lowest BCUT2D eigenvalue weighted by Crippen LogP contribution is -2.13. The quantitative estimate of drug-likeness (QED) is 0.798. The lowest BCUT2D eigenvalue weighted by Gasteiger charge is -2.04. The van der Waals surface area contributed by atoms with Gasteiger partial charge in [0.2, 0.25) is 0 Å². The van der Waals surface area contributed by atoms with Gasteiger partial charge in [0.1, 0.15) is 5.01 Å². The van der Waals surface area contributed by atoms with Gasteiger partial charge in [-0.15, -0.1) is 11.3 Å². The van der Waals surface area contributed by atoms with Gasteiger partial charge in [0.15, 0.2) is 5.69 Å². The molecule has 0 amide bonds. The molecule has 1 atom stereocenters. The first-order valence-corrected chi connectivity index (χ1v) is 6.05. The van der Waals surface area contributed by atoms with E-state index in [-0.39, 0.29) is 5.97 Å². The highest BCUT2D eigenvalue weighted by atomic mass is 32.1. The van der Waals surface area contributed by atoms with Crippen molar-refractivity contribution in [3.05, 3.63) is 16.1 Å². The lowest BCUT2D eigenvalue weighted by molar-refractivity contribution is 0.0520. The number of nitrogens with one attached hydrogen (secondary N) is 1. The molecule has 0 unspecified atom stereocenters. The van der Waals surface area contributed by atoms with Crippen LogP contribution in [0, 0.1) is 0 Å². The van der Waals surface area contributed by atoms with Crippen LogP contribution in [0.4, 0.5) is 0 Å². The van der Waals surface area contributed by atoms with E-state index in [1.54, 1.807) is 12.3 Å². The molecule has 0 aromatic carbocycles. The van der Waals surface area contributed by atoms with Crippen LogP contribution in [0.15, 0.2) is 5.38 Å². The summed E-state index contributed by atoms with van der Waals surface area (Å²) in [6.45, 7) is 3.23. The standard InChI is InChI=1S/C10H14N2O2S/c1-2-14-10(13)8-6-15-9(12-8)7-4-3-5-11-7/h6-7,11H,2-5H2,1H3/t7-/m0/s1. The molecule has 0 saturated carbocycles. The zero-order chi connectivity index (χ0) is 10.7. The summed E-state index contributed by atoms with van der Waals surface area (Å²) < 4.78 is 4.89. The average Bonchev–Trinajstić information content (AvgIpc) is 2.89. The summed E-state index contributed by atoms with van der Waals surface area (Å²) in [7, 11) is 0. The van der Waals surface area contributed by atoms with E-state index in [2.05, 4.69) is 10.3 Å². The summed E-state index contributed by atoms with van der Waals surface area (Å²) in [5.41, 5.74) is 0.436. The molecule has 0 bridgehead atoms. The summed E-state index contributed by atoms with van der Waals surface area (Å²) in [4.78, 5) is 15.7. The van der Waals surface area contributed by atoms with Crippen molar-refractivity contribution >= 4 is 17.3 Å². The Morgan fingerprint density at radius 1 is 1.80 bits per heavy atom. The van der Waals surface area contributed by atoms with Crippen molar-refractivity contribution in [3.63, 3.8) is 0 Å². The summed E-state index contributed by atoms with van der Waals surface area (Å²) >= 11 is 1.53. The molecule has 1 aromatic heterocycles. The number of esters is 1. The Bertz CT molecular complexity index is 345. The second-order valence-corrected chi connectivity index (χ2v) is 4.33. The van der Waals surface area contributed by atoms with Gasteiger partial charge in [-0.3, -0.25) is 0 Å². The topological polar surface area (TPSA) is 51.2 Å². The highest BCUT2D eigenvalue weighted by Gasteiger charge is 2.21. The fourth-order valence-electron chi connectivity index (χ4n) is 1.64. The number of carbonyl (C=O) groups excluding carboxylic acids is 1. The molecule has 1 N–H and O–H groups in total. The largest absolute Gasteiger partial charge is 0.461 e. The summed E-state index contributed by atoms with van der Waals surface area (Å²) in [5.74, 6) is -0.321. The Morgan fingerprint density at radius 2 is 2.67 bits per heavy atom. The number of nitrogens with zero attached hydrogens (tertiary/aromatic N) is 1. The van der Waals surface area contributed by atoms with E-state index in [0.29, 0.717) is 18.3 Å². The molecular formula is C10H14N2O2S. The van der Waals surface area contributed by atoms with Crippen molar-refractivity contribution in [1.82, 2.24) is 10.3 Å². The molecule has 5 heteroatoms. The van der Waals surface area contributed by atoms with Crippen LogP contribution in [0.25, 0.3) is 0 Å². The van der Waals surface area contributed by atoms with Crippen LogP contribution < -0.4 is 5.32 Å². The summed E-state index contributed by atoms with van der Waals surface area (Å²) in [5, 5.41) is 6.12. The molecular weight excluding hydrogens is 212 g/mol. The van der Waals surface area contributed by atoms with Crippen molar-refractivity contribution in [2.45, 2.75) is 25.8 Å². The maximum Gasteiger partial charge on any atom is 0.357 e. The Morgan fingerprint density at radius 3 is 3.33 bits per heavy atom. The van der Waals surface area contributed by atoms with E-state index in [9.17, 15) is 4.79 Å². The van der Waals surface area contributed by atoms with E-state index in [1.807, 2.05) is 0 Å². The molecule has 1 fully saturated rings. The molecule has 1 aliphatic rings. The second-order valence-electron chi connectivity index (χ2n) is 3.44. The van der Waals surface area contributed by atoms with Crippen molar-refractivity contribution in [3.8, 4) is 0 Å². The third-order valence-corrected chi connectivity index (χ3v) is 3.32. The van der Waals surface area contributed by atoms with Crippen molar-refractivity contribution in [2.24, 2.45) is 0 Å². The fraction of sp³-hybridized carbons (Fsp3) is 0.600. The molecule has 82 valence electrons. The van der Waals surface area contributed by atoms with Crippen LogP contribution in [0.3, 0.4) is 0 Å². The number of ether oxygens (including phenoxy) is 1. The maximum absolute atomic E-state index is 11.4. The molecule has 0 spiro atoms. The van der Waals surface area contributed by atoms with Crippen LogP contribution in [-0.4, -0.2) is 24.1 Å². The van der Waals surface area contributed by atoms with Crippen LogP contribution >= 0.6 is 11.3 Å². The monoisotopic (exact) mass is 226 g/mol. The summed E-state index contributed by atoms with van der Waals surface area (Å²) in [6.07, 6.45) is 2.29. The van der Waals surface area contributed by atoms with Gasteiger partial charge in [0, 0.05) is 5.38 Å². The highest BCUT2D eigenvalue weighted by Crippen LogP contribution is 2.25. The molecule has 1 saturated heterocycles. The third-order valence-electron chi connectivity index (χ3n) is 2.36. The minimum absolute atomic E-state index is 0.321. The number of carbonyl (C=O) groups is 1. The highest BCUT2D eigenvalue weighted by molar-refractivity contribution is 7.09. The van der Waals surface area contributed by atoms with Crippen LogP contribution in [0.2, 0.25) is 0 Å². The van der Waals surface area contributed by atoms with Crippen LogP contribution in [0.1, 0.15) is 41.3 Å². The average molecular weight is 226 g/mol. The Labute approximate surface area is 92.7 Å². The normalized spacial score (nSPS) is 20.5. The van der Waals surface area contributed by atoms with Gasteiger partial charge in [0.25, 0.3) is 0 Å². The molecule has 2 rings (SSSR count). The molecule has 1 aliphatic heterocycles. The molecule has 2 heterocycles. The maximum atomic E-state index is 11.4. The van der Waals surface area contributed by atoms with Crippen molar-refractivity contribution in [2.75, 3.05) is 13.2 Å². The van der Waals surface area contributed by atoms with Gasteiger partial charge in [-0.05, 0) is 26.3 Å². The third kappa shape index (κ3) is 2.35. The van der Waals surface area contributed by atoms with E-state index in [1.165, 1.54) is 17.8 Å². The summed E-state index contributed by atoms with van der Waals surface area (Å²) in [6, 6.07) is 0.332. The Balaban J connectivity index is 2.06. The predicted octanol–water partition coefficient (Wildman–Crippen LogP) is 1.74. The second kappa shape index (κ2) is 4.72. The number of rotatable bonds is 3. The van der Waals surface area contributed by atoms with Gasteiger partial charge in [-0.2, -0.15) is 0 Å². The van der Waals surface area contributed by atoms with Crippen molar-refractivity contribution in [1.29, 1.82) is 0 Å². The number of hydrogen-bond acceptors (Lipinski definition) is 5. The first-order valence-electron chi connectivity index (χ1n) is 5.17. The van der Waals surface area contributed by atoms with E-state index in [0.717, 1.165) is 18.0 Å². The van der Waals surface area contributed by atoms with Gasteiger partial charge < -0.3 is 10.1 Å². The van der Waals surface area contributed by atoms with Gasteiger partial charge in [-0.1, -0.05) is 0 Å². The first kappa shape index (κ1) is 10.6. The lowest BCUT2D eigenvalue weighted by atomic mass is 10.2. The SMILES string of the molecule is CCOC(=O)c1csc([C@@H]2CCCN2)n1. The Hall–Kier alpha value is -0.940. The molecule has 4 nitrogen and oxygen atoms in total. The zero-order valence-electron chi connectivity index (χ0n) is 8.66. The Kier molecular flexibility index (Phi) is 3.33. The van der Waals surface area contributed by atoms with E-state index < -0.39 is 0 Å². The van der Waals surface area contributed by atoms with Gasteiger partial charge in [-0.25, -0.2) is 9.78 Å². The number of hydrogen-bond donors (Lipinski definition) is 1. The van der Waals surface area contributed by atoms with E-state index >= 15 is 0 Å². The zero-order valence-corrected chi connectivity index (χ0v) is 9.47. The predicted molar refractivity (Wildman–Crippen MR) is 58.0 cm³/mol. The van der Waals surface area contributed by atoms with Crippen LogP contribution in [-0.2, 0) is 4.74 Å². The van der Waals surface area contributed by atoms with Crippen molar-refractivity contribution < 1.29 is 9.53 Å². The minimum atomic E-state index is -0.321. The molecule has 1 aromatic rings. The molecule has 15 heavy (non-hydrogen) atoms. The van der Waals surface area contributed by atoms with Gasteiger partial charge in [0.05, 0.1) is 12.6 Å². The van der Waals surface area contributed by atoms with E-state index in [4.69, 9.17) is 4.74 Å². The van der Waals surface area contributed by atoms with Crippen LogP contribution in [0.5, 0.6) is 0 Å². The van der Waals surface area contributed by atoms with Gasteiger partial charge >= 0.3 is 5.97 Å². The number of thiazole rings is 1. The molecule has 0 radical (unpaired) electrons. The molecule has 0 aliphatic carbocycles. The number of aromatic nitrogens is 1.